The average molecular weight is 671 g/mol. The second kappa shape index (κ2) is 14.8. The number of sulfonamides is 1. The van der Waals surface area contributed by atoms with Crippen molar-refractivity contribution in [2.75, 3.05) is 32.7 Å². The van der Waals surface area contributed by atoms with Crippen LogP contribution in [0.5, 0.6) is 0 Å². The molecule has 12 heteroatoms. The molecule has 1 aromatic carbocycles. The summed E-state index contributed by atoms with van der Waals surface area (Å²) in [6, 6.07) is 6.02. The van der Waals surface area contributed by atoms with Crippen molar-refractivity contribution in [3.05, 3.63) is 46.8 Å². The molecule has 3 fully saturated rings. The van der Waals surface area contributed by atoms with Crippen LogP contribution in [0.25, 0.3) is 0 Å². The summed E-state index contributed by atoms with van der Waals surface area (Å²) in [5.74, 6) is -0.295. The summed E-state index contributed by atoms with van der Waals surface area (Å²) < 4.78 is 27.9. The fraction of sp³-hybridized carbons (Fsp3) is 0.686. The molecule has 2 aromatic rings. The molecule has 2 saturated heterocycles. The summed E-state index contributed by atoms with van der Waals surface area (Å²) in [6.45, 7) is 12.1. The normalized spacial score (nSPS) is 22.5. The number of piperidine rings is 1. The number of likely N-dealkylation sites (tertiary alicyclic amines) is 1. The Morgan fingerprint density at radius 3 is 2.21 bits per heavy atom. The van der Waals surface area contributed by atoms with Crippen molar-refractivity contribution in [2.45, 2.75) is 121 Å². The monoisotopic (exact) mass is 670 g/mol. The van der Waals surface area contributed by atoms with Gasteiger partial charge in [0.05, 0.1) is 22.7 Å². The number of aromatic nitrogens is 2. The molecule has 1 aromatic heterocycles. The zero-order valence-electron chi connectivity index (χ0n) is 28.8. The highest BCUT2D eigenvalue weighted by molar-refractivity contribution is 7.89. The number of benzene rings is 1. The van der Waals surface area contributed by atoms with Gasteiger partial charge in [-0.05, 0) is 69.6 Å². The molecular formula is C35H54N6O5S. The van der Waals surface area contributed by atoms with Crippen molar-refractivity contribution >= 4 is 21.8 Å². The average Bonchev–Trinajstić information content (AvgIpc) is 3.41. The van der Waals surface area contributed by atoms with Crippen LogP contribution in [0, 0.1) is 19.8 Å². The summed E-state index contributed by atoms with van der Waals surface area (Å²) >= 11 is 0. The van der Waals surface area contributed by atoms with Crippen LogP contribution >= 0.6 is 0 Å². The molecule has 260 valence electrons. The van der Waals surface area contributed by atoms with Crippen LogP contribution in [0.15, 0.2) is 29.2 Å². The number of aliphatic hydroxyl groups excluding tert-OH is 1. The first-order chi connectivity index (χ1) is 22.5. The molecule has 5 rings (SSSR count). The van der Waals surface area contributed by atoms with Gasteiger partial charge >= 0.3 is 0 Å². The lowest BCUT2D eigenvalue weighted by Gasteiger charge is -2.53. The first kappa shape index (κ1) is 35.5. The first-order valence-electron chi connectivity index (χ1n) is 17.7. The van der Waals surface area contributed by atoms with E-state index < -0.39 is 27.7 Å². The van der Waals surface area contributed by atoms with Crippen molar-refractivity contribution in [3.8, 4) is 0 Å². The van der Waals surface area contributed by atoms with Gasteiger partial charge in [0.15, 0.2) is 0 Å². The molecule has 0 bridgehead atoms. The number of aromatic amines is 1. The van der Waals surface area contributed by atoms with E-state index in [0.717, 1.165) is 67.5 Å². The van der Waals surface area contributed by atoms with Gasteiger partial charge in [0, 0.05) is 44.0 Å². The third kappa shape index (κ3) is 6.75. The highest BCUT2D eigenvalue weighted by Crippen LogP contribution is 2.41. The van der Waals surface area contributed by atoms with E-state index in [4.69, 9.17) is 0 Å². The van der Waals surface area contributed by atoms with Crippen LogP contribution < -0.4 is 5.32 Å². The number of unbranched alkanes of at least 4 members (excludes halogenated alkanes) is 1. The Bertz CT molecular complexity index is 1470. The molecule has 47 heavy (non-hydrogen) atoms. The molecule has 2 aliphatic heterocycles. The van der Waals surface area contributed by atoms with Crippen molar-refractivity contribution < 1.29 is 23.1 Å². The molecule has 11 nitrogen and oxygen atoms in total. The van der Waals surface area contributed by atoms with E-state index in [-0.39, 0.29) is 28.7 Å². The third-order valence-corrected chi connectivity index (χ3v) is 13.0. The maximum absolute atomic E-state index is 14.1. The standard InChI is InChI=1S/C35H54N6O5S/c1-6-9-21-41-33(43)30(32(42)27-13-11-10-12-14-27)36-34(44)35(41)19-22-39(23-20-35)31(29-24(4)37-38-25(29)5)26-15-17-28(18-16-26)47(45,46)40(7-2)8-3/h15-18,27,30-32,42H,6-14,19-23H2,1-5H3,(H,36,44)(H,37,38)/t30-,31?,32-/m1/s1. The van der Waals surface area contributed by atoms with Crippen LogP contribution in [-0.2, 0) is 19.6 Å². The van der Waals surface area contributed by atoms with Gasteiger partial charge in [-0.15, -0.1) is 0 Å². The topological polar surface area (TPSA) is 139 Å². The Hall–Kier alpha value is -2.80. The molecule has 1 aliphatic carbocycles. The van der Waals surface area contributed by atoms with E-state index in [9.17, 15) is 23.1 Å². The van der Waals surface area contributed by atoms with E-state index in [2.05, 4.69) is 27.3 Å². The molecule has 3 aliphatic rings. The molecule has 2 amide bonds. The number of nitrogens with zero attached hydrogens (tertiary/aromatic N) is 4. The van der Waals surface area contributed by atoms with Gasteiger partial charge in [-0.3, -0.25) is 19.6 Å². The smallest absolute Gasteiger partial charge is 0.248 e. The quantitative estimate of drug-likeness (QED) is 0.310. The number of H-pyrrole nitrogens is 1. The SMILES string of the molecule is CCCCN1C(=O)[C@@H]([C@H](O)C2CCCCC2)NC(=O)C12CCN(C(c1ccc(S(=O)(=O)N(CC)CC)cc1)c1c(C)n[nH]c1C)CC2. The third-order valence-electron chi connectivity index (χ3n) is 11.0. The number of nitrogens with one attached hydrogen (secondary N) is 2. The molecule has 3 heterocycles. The summed E-state index contributed by atoms with van der Waals surface area (Å²) in [6.07, 6.45) is 6.72. The second-order valence-corrected chi connectivity index (χ2v) is 15.6. The Morgan fingerprint density at radius 1 is 1.02 bits per heavy atom. The van der Waals surface area contributed by atoms with Crippen LogP contribution in [0.4, 0.5) is 0 Å². The second-order valence-electron chi connectivity index (χ2n) is 13.7. The molecule has 1 saturated carbocycles. The zero-order valence-corrected chi connectivity index (χ0v) is 29.6. The van der Waals surface area contributed by atoms with E-state index >= 15 is 0 Å². The van der Waals surface area contributed by atoms with Gasteiger partial charge < -0.3 is 15.3 Å². The lowest BCUT2D eigenvalue weighted by atomic mass is 9.77. The summed E-state index contributed by atoms with van der Waals surface area (Å²) in [7, 11) is -3.60. The minimum Gasteiger partial charge on any atom is -0.390 e. The van der Waals surface area contributed by atoms with Crippen LogP contribution in [-0.4, -0.2) is 100 Å². The highest BCUT2D eigenvalue weighted by atomic mass is 32.2. The van der Waals surface area contributed by atoms with Gasteiger partial charge in [0.25, 0.3) is 0 Å². The number of hydrogen-bond acceptors (Lipinski definition) is 7. The van der Waals surface area contributed by atoms with Gasteiger partial charge in [-0.2, -0.15) is 9.40 Å². The van der Waals surface area contributed by atoms with E-state index in [0.29, 0.717) is 45.6 Å². The van der Waals surface area contributed by atoms with Gasteiger partial charge in [0.2, 0.25) is 21.8 Å². The van der Waals surface area contributed by atoms with Crippen LogP contribution in [0.1, 0.15) is 107 Å². The lowest BCUT2D eigenvalue weighted by Crippen LogP contribution is -2.75. The number of hydrogen-bond donors (Lipinski definition) is 3. The molecule has 0 radical (unpaired) electrons. The van der Waals surface area contributed by atoms with Crippen molar-refractivity contribution in [2.24, 2.45) is 5.92 Å². The number of amides is 2. The summed E-state index contributed by atoms with van der Waals surface area (Å²) in [5, 5.41) is 21.9. The highest BCUT2D eigenvalue weighted by Gasteiger charge is 2.55. The van der Waals surface area contributed by atoms with Gasteiger partial charge in [-0.1, -0.05) is 58.6 Å². The molecule has 3 atom stereocenters. The minimum absolute atomic E-state index is 0.0255. The number of aryl methyl sites for hydroxylation is 2. The number of rotatable bonds is 12. The van der Waals surface area contributed by atoms with Crippen molar-refractivity contribution in [1.82, 2.24) is 29.6 Å². The fourth-order valence-corrected chi connectivity index (χ4v) is 9.62. The predicted octanol–water partition coefficient (Wildman–Crippen LogP) is 4.05. The largest absolute Gasteiger partial charge is 0.390 e. The van der Waals surface area contributed by atoms with Crippen molar-refractivity contribution in [3.63, 3.8) is 0 Å². The first-order valence-corrected chi connectivity index (χ1v) is 19.1. The van der Waals surface area contributed by atoms with Crippen molar-refractivity contribution in [1.29, 1.82) is 0 Å². The Balaban J connectivity index is 1.42. The predicted molar refractivity (Wildman–Crippen MR) is 181 cm³/mol. The van der Waals surface area contributed by atoms with Gasteiger partial charge in [-0.25, -0.2) is 8.42 Å². The lowest BCUT2D eigenvalue weighted by molar-refractivity contribution is -0.166. The minimum atomic E-state index is -3.60. The van der Waals surface area contributed by atoms with Crippen LogP contribution in [0.3, 0.4) is 0 Å². The molecule has 1 unspecified atom stereocenters. The Labute approximate surface area is 280 Å². The maximum Gasteiger partial charge on any atom is 0.248 e. The zero-order chi connectivity index (χ0) is 33.9. The van der Waals surface area contributed by atoms with Gasteiger partial charge in [0.1, 0.15) is 11.6 Å². The fourth-order valence-electron chi connectivity index (χ4n) is 8.16. The summed E-state index contributed by atoms with van der Waals surface area (Å²) in [4.78, 5) is 32.6. The maximum atomic E-state index is 14.1. The van der Waals surface area contributed by atoms with E-state index in [1.54, 1.807) is 17.0 Å². The Morgan fingerprint density at radius 2 is 1.66 bits per heavy atom. The van der Waals surface area contributed by atoms with Crippen LogP contribution in [0.2, 0.25) is 0 Å². The van der Waals surface area contributed by atoms with E-state index in [1.807, 2.05) is 39.8 Å². The van der Waals surface area contributed by atoms with E-state index in [1.165, 1.54) is 4.31 Å². The Kier molecular flexibility index (Phi) is 11.1. The summed E-state index contributed by atoms with van der Waals surface area (Å²) in [5.41, 5.74) is 2.79. The number of piperazine rings is 1. The molecular weight excluding hydrogens is 616 g/mol. The number of carbonyl (C=O) groups is 2. The molecule has 3 N–H and O–H groups in total. The number of aliphatic hydroxyl groups is 1. The molecule has 1 spiro atoms. The number of carbonyl (C=O) groups excluding carboxylic acids is 2.